The van der Waals surface area contributed by atoms with Gasteiger partial charge in [-0.05, 0) is 30.5 Å². The lowest BCUT2D eigenvalue weighted by Crippen LogP contribution is -2.16. The van der Waals surface area contributed by atoms with E-state index in [-0.39, 0.29) is 11.7 Å². The highest BCUT2D eigenvalue weighted by Gasteiger charge is 2.20. The van der Waals surface area contributed by atoms with E-state index >= 15 is 0 Å². The Bertz CT molecular complexity index is 1050. The van der Waals surface area contributed by atoms with E-state index in [4.69, 9.17) is 0 Å². The molecule has 0 unspecified atom stereocenters. The number of benzene rings is 1. The topological polar surface area (TPSA) is 77.6 Å². The fraction of sp³-hybridized carbons (Fsp3) is 0.111. The summed E-state index contributed by atoms with van der Waals surface area (Å²) in [5.41, 5.74) is 1.67. The number of anilines is 1. The number of rotatable bonds is 4. The lowest BCUT2D eigenvalue weighted by atomic mass is 10.3. The maximum absolute atomic E-state index is 12.7. The minimum absolute atomic E-state index is 0.108. The second-order valence-corrected chi connectivity index (χ2v) is 6.68. The molecule has 0 spiro atoms. The van der Waals surface area contributed by atoms with Crippen molar-refractivity contribution in [2.45, 2.75) is 6.92 Å². The van der Waals surface area contributed by atoms with Crippen LogP contribution in [0.5, 0.6) is 0 Å². The molecule has 3 heterocycles. The standard InChI is InChI=1S/C18H16N6OS/c1-12-11-15(23(2)21-12)19-18(25)16-20-17(14-9-6-10-26-14)24(22-16)13-7-4-3-5-8-13/h3-11H,1-2H3,(H,19,25). The van der Waals surface area contributed by atoms with E-state index in [1.165, 1.54) is 0 Å². The van der Waals surface area contributed by atoms with E-state index in [9.17, 15) is 4.79 Å². The van der Waals surface area contributed by atoms with Gasteiger partial charge in [-0.3, -0.25) is 9.48 Å². The molecular formula is C18H16N6OS. The Balaban J connectivity index is 1.73. The molecule has 3 aromatic heterocycles. The van der Waals surface area contributed by atoms with Gasteiger partial charge in [0.25, 0.3) is 5.91 Å². The predicted molar refractivity (Wildman–Crippen MR) is 101 cm³/mol. The van der Waals surface area contributed by atoms with Gasteiger partial charge in [0.05, 0.1) is 16.3 Å². The average molecular weight is 364 g/mol. The Kier molecular flexibility index (Phi) is 4.10. The number of hydrogen-bond donors (Lipinski definition) is 1. The largest absolute Gasteiger partial charge is 0.304 e. The van der Waals surface area contributed by atoms with Gasteiger partial charge in [-0.1, -0.05) is 24.3 Å². The zero-order chi connectivity index (χ0) is 18.1. The van der Waals surface area contributed by atoms with Gasteiger partial charge in [-0.25, -0.2) is 9.67 Å². The van der Waals surface area contributed by atoms with Crippen LogP contribution in [0.1, 0.15) is 16.3 Å². The first-order chi connectivity index (χ1) is 12.6. The molecule has 26 heavy (non-hydrogen) atoms. The molecule has 1 amide bonds. The van der Waals surface area contributed by atoms with Gasteiger partial charge < -0.3 is 5.32 Å². The summed E-state index contributed by atoms with van der Waals surface area (Å²) in [6, 6.07) is 15.3. The zero-order valence-corrected chi connectivity index (χ0v) is 15.1. The third-order valence-corrected chi connectivity index (χ3v) is 4.66. The van der Waals surface area contributed by atoms with Crippen molar-refractivity contribution in [2.75, 3.05) is 5.32 Å². The van der Waals surface area contributed by atoms with E-state index in [1.54, 1.807) is 33.8 Å². The highest BCUT2D eigenvalue weighted by Crippen LogP contribution is 2.25. The van der Waals surface area contributed by atoms with Gasteiger partial charge in [0, 0.05) is 13.1 Å². The van der Waals surface area contributed by atoms with Crippen LogP contribution < -0.4 is 5.32 Å². The second kappa shape index (κ2) is 6.57. The number of amides is 1. The Hall–Kier alpha value is -3.26. The lowest BCUT2D eigenvalue weighted by Gasteiger charge is -2.03. The van der Waals surface area contributed by atoms with Crippen LogP contribution in [0, 0.1) is 6.92 Å². The monoisotopic (exact) mass is 364 g/mol. The van der Waals surface area contributed by atoms with Crippen molar-refractivity contribution in [2.24, 2.45) is 7.05 Å². The quantitative estimate of drug-likeness (QED) is 0.603. The first-order valence-electron chi connectivity index (χ1n) is 8.00. The zero-order valence-electron chi connectivity index (χ0n) is 14.2. The maximum atomic E-state index is 12.7. The van der Waals surface area contributed by atoms with E-state index < -0.39 is 0 Å². The molecule has 0 saturated heterocycles. The van der Waals surface area contributed by atoms with Gasteiger partial charge in [0.1, 0.15) is 5.82 Å². The first-order valence-corrected chi connectivity index (χ1v) is 8.88. The van der Waals surface area contributed by atoms with Crippen molar-refractivity contribution in [3.8, 4) is 16.4 Å². The summed E-state index contributed by atoms with van der Waals surface area (Å²) < 4.78 is 3.30. The second-order valence-electron chi connectivity index (χ2n) is 5.73. The Labute approximate surface area is 153 Å². The summed E-state index contributed by atoms with van der Waals surface area (Å²) in [6.45, 7) is 1.87. The molecule has 0 bridgehead atoms. The van der Waals surface area contributed by atoms with Crippen LogP contribution in [0.2, 0.25) is 0 Å². The summed E-state index contributed by atoms with van der Waals surface area (Å²) in [4.78, 5) is 18.1. The number of carbonyl (C=O) groups is 1. The van der Waals surface area contributed by atoms with Crippen molar-refractivity contribution >= 4 is 23.1 Å². The molecule has 0 aliphatic heterocycles. The normalized spacial score (nSPS) is 10.8. The molecule has 8 heteroatoms. The van der Waals surface area contributed by atoms with Gasteiger partial charge in [0.15, 0.2) is 5.82 Å². The van der Waals surface area contributed by atoms with Gasteiger partial charge in [-0.2, -0.15) is 5.10 Å². The molecule has 1 N–H and O–H groups in total. The molecule has 0 fully saturated rings. The average Bonchev–Trinajstić information content (AvgIpc) is 3.36. The Morgan fingerprint density at radius 3 is 2.58 bits per heavy atom. The molecule has 0 saturated carbocycles. The number of carbonyl (C=O) groups excluding carboxylic acids is 1. The van der Waals surface area contributed by atoms with Gasteiger partial charge in [0.2, 0.25) is 5.82 Å². The van der Waals surface area contributed by atoms with E-state index in [2.05, 4.69) is 20.5 Å². The van der Waals surface area contributed by atoms with Crippen LogP contribution in [0.25, 0.3) is 16.4 Å². The van der Waals surface area contributed by atoms with Gasteiger partial charge >= 0.3 is 0 Å². The minimum Gasteiger partial charge on any atom is -0.304 e. The Morgan fingerprint density at radius 1 is 1.12 bits per heavy atom. The van der Waals surface area contributed by atoms with Crippen LogP contribution in [0.3, 0.4) is 0 Å². The van der Waals surface area contributed by atoms with Crippen LogP contribution in [-0.4, -0.2) is 30.5 Å². The maximum Gasteiger partial charge on any atom is 0.296 e. The molecule has 130 valence electrons. The SMILES string of the molecule is Cc1cc(NC(=O)c2nc(-c3cccs3)n(-c3ccccc3)n2)n(C)n1. The molecule has 7 nitrogen and oxygen atoms in total. The number of aromatic nitrogens is 5. The summed E-state index contributed by atoms with van der Waals surface area (Å²) in [5, 5.41) is 13.4. The minimum atomic E-state index is -0.375. The summed E-state index contributed by atoms with van der Waals surface area (Å²) in [5.74, 6) is 0.968. The molecule has 0 atom stereocenters. The van der Waals surface area contributed by atoms with E-state index in [0.29, 0.717) is 11.6 Å². The third-order valence-electron chi connectivity index (χ3n) is 3.80. The third kappa shape index (κ3) is 3.02. The van der Waals surface area contributed by atoms with Gasteiger partial charge in [-0.15, -0.1) is 16.4 Å². The number of nitrogens with one attached hydrogen (secondary N) is 1. The van der Waals surface area contributed by atoms with Crippen LogP contribution in [0.4, 0.5) is 5.82 Å². The van der Waals surface area contributed by atoms with E-state index in [0.717, 1.165) is 16.3 Å². The number of nitrogens with zero attached hydrogens (tertiary/aromatic N) is 5. The summed E-state index contributed by atoms with van der Waals surface area (Å²) in [7, 11) is 1.77. The molecular weight excluding hydrogens is 348 g/mol. The number of thiophene rings is 1. The van der Waals surface area contributed by atoms with Crippen LogP contribution in [0.15, 0.2) is 53.9 Å². The number of aryl methyl sites for hydroxylation is 2. The molecule has 0 aliphatic rings. The predicted octanol–water partition coefficient (Wildman–Crippen LogP) is 3.29. The lowest BCUT2D eigenvalue weighted by molar-refractivity contribution is 0.101. The number of hydrogen-bond acceptors (Lipinski definition) is 5. The molecule has 1 aromatic carbocycles. The highest BCUT2D eigenvalue weighted by atomic mass is 32.1. The summed E-state index contributed by atoms with van der Waals surface area (Å²) in [6.07, 6.45) is 0. The van der Waals surface area contributed by atoms with Crippen molar-refractivity contribution in [3.63, 3.8) is 0 Å². The summed E-state index contributed by atoms with van der Waals surface area (Å²) >= 11 is 1.55. The van der Waals surface area contributed by atoms with Crippen molar-refractivity contribution in [1.82, 2.24) is 24.5 Å². The Morgan fingerprint density at radius 2 is 1.92 bits per heavy atom. The van der Waals surface area contributed by atoms with Crippen LogP contribution >= 0.6 is 11.3 Å². The molecule has 0 radical (unpaired) electrons. The molecule has 4 rings (SSSR count). The first kappa shape index (κ1) is 16.2. The highest BCUT2D eigenvalue weighted by molar-refractivity contribution is 7.13. The van der Waals surface area contributed by atoms with Crippen LogP contribution in [-0.2, 0) is 7.05 Å². The fourth-order valence-corrected chi connectivity index (χ4v) is 3.32. The smallest absolute Gasteiger partial charge is 0.296 e. The molecule has 0 aliphatic carbocycles. The van der Waals surface area contributed by atoms with Crippen molar-refractivity contribution in [1.29, 1.82) is 0 Å². The fourth-order valence-electron chi connectivity index (χ4n) is 2.62. The van der Waals surface area contributed by atoms with Crippen molar-refractivity contribution in [3.05, 3.63) is 65.4 Å². The van der Waals surface area contributed by atoms with E-state index in [1.807, 2.05) is 54.8 Å². The molecule has 4 aromatic rings. The van der Waals surface area contributed by atoms with Crippen molar-refractivity contribution < 1.29 is 4.79 Å². The number of para-hydroxylation sites is 1.